The highest BCUT2D eigenvalue weighted by Gasteiger charge is 2.30. The quantitative estimate of drug-likeness (QED) is 0.426. The van der Waals surface area contributed by atoms with Crippen molar-refractivity contribution in [2.24, 2.45) is 0 Å². The van der Waals surface area contributed by atoms with Gasteiger partial charge < -0.3 is 4.74 Å². The molecule has 0 saturated carbocycles. The average molecular weight is 370 g/mol. The van der Waals surface area contributed by atoms with Gasteiger partial charge in [0.15, 0.2) is 12.0 Å². The Bertz CT molecular complexity index is 905. The van der Waals surface area contributed by atoms with Crippen LogP contribution in [0.5, 0.6) is 0 Å². The van der Waals surface area contributed by atoms with Crippen LogP contribution in [0, 0.1) is 0 Å². The van der Waals surface area contributed by atoms with E-state index in [4.69, 9.17) is 4.74 Å². The van der Waals surface area contributed by atoms with E-state index in [2.05, 4.69) is 0 Å². The zero-order chi connectivity index (χ0) is 18.5. The van der Waals surface area contributed by atoms with E-state index in [1.54, 1.807) is 19.1 Å². The van der Waals surface area contributed by atoms with Crippen molar-refractivity contribution >= 4 is 33.9 Å². The third-order valence-electron chi connectivity index (χ3n) is 4.22. The number of hydrogen-bond donors (Lipinski definition) is 0. The summed E-state index contributed by atoms with van der Waals surface area (Å²) in [6.45, 7) is 1.74. The Hall–Kier alpha value is -2.53. The number of esters is 1. The molecule has 0 saturated heterocycles. The Labute approximate surface area is 155 Å². The number of ketones is 1. The van der Waals surface area contributed by atoms with Crippen LogP contribution in [-0.4, -0.2) is 24.5 Å². The van der Waals surface area contributed by atoms with Gasteiger partial charge in [0, 0.05) is 16.9 Å². The maximum Gasteiger partial charge on any atom is 0.340 e. The fourth-order valence-corrected chi connectivity index (χ4v) is 3.76. The summed E-state index contributed by atoms with van der Waals surface area (Å²) >= 11 is 1.39. The molecule has 1 unspecified atom stereocenters. The number of Topliss-reactive ketones (excluding diaryl/α,β-unsaturated/α-hetero) is 1. The van der Waals surface area contributed by atoms with Gasteiger partial charge in [0.25, 0.3) is 0 Å². The molecular weight excluding hydrogens is 351 g/mol. The summed E-state index contributed by atoms with van der Waals surface area (Å²) in [5.74, 6) is -1.82. The van der Waals surface area contributed by atoms with Gasteiger partial charge in [-0.25, -0.2) is 9.18 Å². The molecule has 3 nitrogen and oxygen atoms in total. The molecule has 0 amide bonds. The van der Waals surface area contributed by atoms with Crippen LogP contribution in [0.15, 0.2) is 60.0 Å². The van der Waals surface area contributed by atoms with Gasteiger partial charge in [0.05, 0.1) is 12.5 Å². The smallest absolute Gasteiger partial charge is 0.340 e. The number of thiophene rings is 1. The maximum absolute atomic E-state index is 14.3. The Morgan fingerprint density at radius 1 is 1.08 bits per heavy atom. The second kappa shape index (κ2) is 8.23. The number of rotatable bonds is 7. The molecule has 2 atom stereocenters. The fraction of sp³-hybridized carbons (Fsp3) is 0.238. The number of alkyl halides is 1. The molecule has 0 aliphatic rings. The van der Waals surface area contributed by atoms with Gasteiger partial charge >= 0.3 is 5.97 Å². The van der Waals surface area contributed by atoms with E-state index < -0.39 is 18.1 Å². The normalized spacial score (nSPS) is 13.3. The van der Waals surface area contributed by atoms with Crippen molar-refractivity contribution < 1.29 is 18.7 Å². The molecule has 134 valence electrons. The first-order valence-electron chi connectivity index (χ1n) is 8.47. The largest absolute Gasteiger partial charge is 0.464 e. The van der Waals surface area contributed by atoms with Gasteiger partial charge in [0.2, 0.25) is 0 Å². The summed E-state index contributed by atoms with van der Waals surface area (Å²) in [6.07, 6.45) is -2.04. The molecule has 3 aromatic rings. The van der Waals surface area contributed by atoms with Gasteiger partial charge in [-0.05, 0) is 35.2 Å². The summed E-state index contributed by atoms with van der Waals surface area (Å²) in [5.41, 5.74) is 0.512. The van der Waals surface area contributed by atoms with Crippen molar-refractivity contribution in [1.82, 2.24) is 0 Å². The van der Waals surface area contributed by atoms with Crippen LogP contribution in [0.2, 0.25) is 0 Å². The minimum Gasteiger partial charge on any atom is -0.464 e. The Morgan fingerprint density at radius 2 is 1.85 bits per heavy atom. The standard InChI is InChI=1S/C21H19FO3S/c1-2-25-21(24)18(22)13-17(19-8-5-11-26-19)20(23)16-10-9-14-6-3-4-7-15(14)12-16/h3-12,17-18H,2,13H2,1H3/t17?,18-/m1/s1. The predicted octanol–water partition coefficient (Wildman–Crippen LogP) is 5.16. The van der Waals surface area contributed by atoms with Crippen LogP contribution in [-0.2, 0) is 9.53 Å². The molecule has 0 aliphatic heterocycles. The van der Waals surface area contributed by atoms with E-state index in [0.717, 1.165) is 15.6 Å². The van der Waals surface area contributed by atoms with Crippen LogP contribution >= 0.6 is 11.3 Å². The molecule has 1 aromatic heterocycles. The molecule has 0 aliphatic carbocycles. The minimum atomic E-state index is -1.83. The molecule has 0 N–H and O–H groups in total. The van der Waals surface area contributed by atoms with E-state index in [1.165, 1.54) is 11.3 Å². The van der Waals surface area contributed by atoms with Crippen molar-refractivity contribution in [3.05, 3.63) is 70.4 Å². The molecule has 0 radical (unpaired) electrons. The third-order valence-corrected chi connectivity index (χ3v) is 5.21. The molecule has 26 heavy (non-hydrogen) atoms. The van der Waals surface area contributed by atoms with Crippen molar-refractivity contribution in [3.63, 3.8) is 0 Å². The number of fused-ring (bicyclic) bond motifs is 1. The third kappa shape index (κ3) is 3.99. The van der Waals surface area contributed by atoms with E-state index in [-0.39, 0.29) is 18.8 Å². The minimum absolute atomic E-state index is 0.113. The predicted molar refractivity (Wildman–Crippen MR) is 101 cm³/mol. The van der Waals surface area contributed by atoms with Gasteiger partial charge in [-0.2, -0.15) is 0 Å². The Kier molecular flexibility index (Phi) is 5.78. The molecular formula is C21H19FO3S. The highest BCUT2D eigenvalue weighted by molar-refractivity contribution is 7.10. The topological polar surface area (TPSA) is 43.4 Å². The van der Waals surface area contributed by atoms with Crippen molar-refractivity contribution in [3.8, 4) is 0 Å². The maximum atomic E-state index is 14.3. The molecule has 0 bridgehead atoms. The highest BCUT2D eigenvalue weighted by Crippen LogP contribution is 2.31. The van der Waals surface area contributed by atoms with Crippen LogP contribution in [0.1, 0.15) is 34.5 Å². The van der Waals surface area contributed by atoms with Crippen molar-refractivity contribution in [1.29, 1.82) is 0 Å². The van der Waals surface area contributed by atoms with Crippen molar-refractivity contribution in [2.75, 3.05) is 6.61 Å². The summed E-state index contributed by atoms with van der Waals surface area (Å²) in [4.78, 5) is 25.5. The number of benzene rings is 2. The van der Waals surface area contributed by atoms with Gasteiger partial charge in [-0.15, -0.1) is 11.3 Å². The first-order valence-corrected chi connectivity index (χ1v) is 9.35. The summed E-state index contributed by atoms with van der Waals surface area (Å²) < 4.78 is 19.1. The van der Waals surface area contributed by atoms with Gasteiger partial charge in [0.1, 0.15) is 0 Å². The van der Waals surface area contributed by atoms with Crippen LogP contribution < -0.4 is 0 Å². The second-order valence-corrected chi connectivity index (χ2v) is 6.93. The van der Waals surface area contributed by atoms with E-state index >= 15 is 0 Å². The van der Waals surface area contributed by atoms with Crippen LogP contribution in [0.4, 0.5) is 4.39 Å². The van der Waals surface area contributed by atoms with E-state index in [9.17, 15) is 14.0 Å². The first kappa shape index (κ1) is 18.3. The first-order chi connectivity index (χ1) is 12.6. The number of carbonyl (C=O) groups is 2. The lowest BCUT2D eigenvalue weighted by atomic mass is 9.90. The van der Waals surface area contributed by atoms with E-state index in [0.29, 0.717) is 5.56 Å². The lowest BCUT2D eigenvalue weighted by molar-refractivity contribution is -0.149. The zero-order valence-electron chi connectivity index (χ0n) is 14.4. The monoisotopic (exact) mass is 370 g/mol. The van der Waals surface area contributed by atoms with Crippen molar-refractivity contribution in [2.45, 2.75) is 25.4 Å². The second-order valence-electron chi connectivity index (χ2n) is 5.95. The lowest BCUT2D eigenvalue weighted by Crippen LogP contribution is -2.24. The zero-order valence-corrected chi connectivity index (χ0v) is 15.2. The Balaban J connectivity index is 1.90. The molecule has 0 spiro atoms. The fourth-order valence-electron chi connectivity index (χ4n) is 2.92. The Morgan fingerprint density at radius 3 is 2.54 bits per heavy atom. The summed E-state index contributed by atoms with van der Waals surface area (Å²) in [7, 11) is 0. The van der Waals surface area contributed by atoms with Crippen LogP contribution in [0.3, 0.4) is 0 Å². The highest BCUT2D eigenvalue weighted by atomic mass is 32.1. The summed E-state index contributed by atoms with van der Waals surface area (Å²) in [6, 6.07) is 16.8. The number of ether oxygens (including phenoxy) is 1. The number of carbonyl (C=O) groups excluding carboxylic acids is 2. The molecule has 5 heteroatoms. The van der Waals surface area contributed by atoms with Gasteiger partial charge in [-0.3, -0.25) is 4.79 Å². The molecule has 1 heterocycles. The molecule has 0 fully saturated rings. The number of hydrogen-bond acceptors (Lipinski definition) is 4. The SMILES string of the molecule is CCOC(=O)[C@H](F)CC(C(=O)c1ccc2ccccc2c1)c1cccs1. The summed E-state index contributed by atoms with van der Waals surface area (Å²) in [5, 5.41) is 3.82. The lowest BCUT2D eigenvalue weighted by Gasteiger charge is -2.17. The molecule has 2 aromatic carbocycles. The average Bonchev–Trinajstić information content (AvgIpc) is 3.19. The van der Waals surface area contributed by atoms with E-state index in [1.807, 2.05) is 47.8 Å². The van der Waals surface area contributed by atoms with Crippen LogP contribution in [0.25, 0.3) is 10.8 Å². The van der Waals surface area contributed by atoms with Gasteiger partial charge in [-0.1, -0.05) is 42.5 Å². The number of halogens is 1. The molecule has 3 rings (SSSR count).